The van der Waals surface area contributed by atoms with Crippen LogP contribution in [0.3, 0.4) is 0 Å². The molecule has 2 amide bonds. The Morgan fingerprint density at radius 2 is 2.17 bits per heavy atom. The number of aromatic nitrogens is 1. The zero-order chi connectivity index (χ0) is 17.3. The molecule has 3 rings (SSSR count). The predicted molar refractivity (Wildman–Crippen MR) is 88.7 cm³/mol. The van der Waals surface area contributed by atoms with Gasteiger partial charge in [0.2, 0.25) is 11.8 Å². The number of oxazole rings is 1. The standard InChI is InChI=1S/C16H18ClN3O4/c17-10-7-9(8-12-14(10)19-16(23)24-12)4-5-13(21)20-6-2-1-3-11(20)15(18)22/h7-8,11H,1-6H2,(H2,18,22)(H,19,23). The summed E-state index contributed by atoms with van der Waals surface area (Å²) in [6, 6.07) is 2.87. The molecular weight excluding hydrogens is 334 g/mol. The predicted octanol–water partition coefficient (Wildman–Crippen LogP) is 1.57. The fourth-order valence-corrected chi connectivity index (χ4v) is 3.41. The van der Waals surface area contributed by atoms with E-state index in [1.54, 1.807) is 17.0 Å². The Hall–Kier alpha value is -2.28. The molecule has 2 heterocycles. The highest BCUT2D eigenvalue weighted by molar-refractivity contribution is 6.34. The maximum Gasteiger partial charge on any atom is 0.417 e. The van der Waals surface area contributed by atoms with Gasteiger partial charge in [-0.25, -0.2) is 4.79 Å². The molecule has 3 N–H and O–H groups in total. The third-order valence-electron chi connectivity index (χ3n) is 4.32. The number of hydrogen-bond donors (Lipinski definition) is 2. The van der Waals surface area contributed by atoms with E-state index in [9.17, 15) is 14.4 Å². The van der Waals surface area contributed by atoms with Crippen molar-refractivity contribution in [1.82, 2.24) is 9.88 Å². The number of likely N-dealkylation sites (tertiary alicyclic amines) is 1. The summed E-state index contributed by atoms with van der Waals surface area (Å²) >= 11 is 6.12. The van der Waals surface area contributed by atoms with E-state index in [0.717, 1.165) is 18.4 Å². The number of hydrogen-bond acceptors (Lipinski definition) is 4. The third-order valence-corrected chi connectivity index (χ3v) is 4.62. The Morgan fingerprint density at radius 3 is 2.92 bits per heavy atom. The summed E-state index contributed by atoms with van der Waals surface area (Å²) in [7, 11) is 0. The number of carbonyl (C=O) groups excluding carboxylic acids is 2. The van der Waals surface area contributed by atoms with Crippen molar-refractivity contribution in [3.05, 3.63) is 33.3 Å². The van der Waals surface area contributed by atoms with E-state index in [1.807, 2.05) is 0 Å². The van der Waals surface area contributed by atoms with Crippen molar-refractivity contribution >= 4 is 34.5 Å². The molecule has 0 saturated carbocycles. The van der Waals surface area contributed by atoms with Gasteiger partial charge in [0.1, 0.15) is 11.6 Å². The molecule has 0 bridgehead atoms. The number of aryl methyl sites for hydroxylation is 1. The highest BCUT2D eigenvalue weighted by Crippen LogP contribution is 2.24. The first kappa shape index (κ1) is 16.6. The van der Waals surface area contributed by atoms with E-state index in [-0.39, 0.29) is 12.3 Å². The molecule has 1 aliphatic rings. The summed E-state index contributed by atoms with van der Waals surface area (Å²) in [6.07, 6.45) is 3.07. The number of H-pyrrole nitrogens is 1. The average molecular weight is 352 g/mol. The first-order chi connectivity index (χ1) is 11.5. The number of nitrogens with zero attached hydrogens (tertiary/aromatic N) is 1. The maximum atomic E-state index is 12.4. The number of carbonyl (C=O) groups is 2. The maximum absolute atomic E-state index is 12.4. The molecule has 0 aliphatic carbocycles. The van der Waals surface area contributed by atoms with Crippen molar-refractivity contribution in [2.45, 2.75) is 38.1 Å². The monoisotopic (exact) mass is 351 g/mol. The molecular formula is C16H18ClN3O4. The first-order valence-corrected chi connectivity index (χ1v) is 8.23. The molecule has 1 fully saturated rings. The second-order valence-corrected chi connectivity index (χ2v) is 6.37. The average Bonchev–Trinajstić information content (AvgIpc) is 2.93. The number of nitrogens with two attached hydrogens (primary N) is 1. The highest BCUT2D eigenvalue weighted by Gasteiger charge is 2.30. The number of fused-ring (bicyclic) bond motifs is 1. The molecule has 1 aliphatic heterocycles. The summed E-state index contributed by atoms with van der Waals surface area (Å²) in [5, 5.41) is 0.369. The lowest BCUT2D eigenvalue weighted by Crippen LogP contribution is -2.50. The van der Waals surface area contributed by atoms with Gasteiger partial charge in [-0.2, -0.15) is 0 Å². The van der Waals surface area contributed by atoms with Gasteiger partial charge in [0, 0.05) is 13.0 Å². The number of benzene rings is 1. The van der Waals surface area contributed by atoms with Crippen LogP contribution in [0, 0.1) is 0 Å². The smallest absolute Gasteiger partial charge is 0.408 e. The van der Waals surface area contributed by atoms with Gasteiger partial charge in [-0.1, -0.05) is 11.6 Å². The zero-order valence-electron chi connectivity index (χ0n) is 13.0. The molecule has 0 spiro atoms. The van der Waals surface area contributed by atoms with E-state index in [4.69, 9.17) is 21.8 Å². The van der Waals surface area contributed by atoms with Gasteiger partial charge in [-0.05, 0) is 43.4 Å². The Kier molecular flexibility index (Phi) is 4.62. The van der Waals surface area contributed by atoms with Crippen LogP contribution in [0.4, 0.5) is 0 Å². The number of nitrogens with one attached hydrogen (secondary N) is 1. The van der Waals surface area contributed by atoms with Gasteiger partial charge < -0.3 is 15.1 Å². The van der Waals surface area contributed by atoms with Crippen LogP contribution in [0.1, 0.15) is 31.2 Å². The van der Waals surface area contributed by atoms with Crippen LogP contribution in [0.25, 0.3) is 11.1 Å². The van der Waals surface area contributed by atoms with Crippen molar-refractivity contribution < 1.29 is 14.0 Å². The largest absolute Gasteiger partial charge is 0.417 e. The molecule has 1 atom stereocenters. The van der Waals surface area contributed by atoms with Gasteiger partial charge >= 0.3 is 5.76 Å². The van der Waals surface area contributed by atoms with Gasteiger partial charge in [-0.15, -0.1) is 0 Å². The Morgan fingerprint density at radius 1 is 1.38 bits per heavy atom. The van der Waals surface area contributed by atoms with Crippen molar-refractivity contribution in [3.63, 3.8) is 0 Å². The van der Waals surface area contributed by atoms with Crippen molar-refractivity contribution in [2.24, 2.45) is 5.73 Å². The summed E-state index contributed by atoms with van der Waals surface area (Å²) < 4.78 is 5.01. The molecule has 0 radical (unpaired) electrons. The fourth-order valence-electron chi connectivity index (χ4n) is 3.13. The molecule has 1 aromatic heterocycles. The highest BCUT2D eigenvalue weighted by atomic mass is 35.5. The Balaban J connectivity index is 1.71. The van der Waals surface area contributed by atoms with Crippen LogP contribution >= 0.6 is 11.6 Å². The molecule has 2 aromatic rings. The van der Waals surface area contributed by atoms with Gasteiger partial charge in [0.25, 0.3) is 0 Å². The minimum atomic E-state index is -0.572. The number of piperidine rings is 1. The number of amides is 2. The van der Waals surface area contributed by atoms with Crippen molar-refractivity contribution in [1.29, 1.82) is 0 Å². The first-order valence-electron chi connectivity index (χ1n) is 7.86. The van der Waals surface area contributed by atoms with E-state index in [0.29, 0.717) is 35.5 Å². The van der Waals surface area contributed by atoms with Crippen molar-refractivity contribution in [2.75, 3.05) is 6.54 Å². The van der Waals surface area contributed by atoms with Crippen LogP contribution in [0.5, 0.6) is 0 Å². The van der Waals surface area contributed by atoms with Gasteiger partial charge in [-0.3, -0.25) is 14.6 Å². The lowest BCUT2D eigenvalue weighted by Gasteiger charge is -2.33. The van der Waals surface area contributed by atoms with E-state index < -0.39 is 17.7 Å². The number of halogens is 1. The van der Waals surface area contributed by atoms with E-state index in [1.165, 1.54) is 0 Å². The SMILES string of the molecule is NC(=O)C1CCCCN1C(=O)CCc1cc(Cl)c2[nH]c(=O)oc2c1. The Labute approximate surface area is 142 Å². The van der Waals surface area contributed by atoms with Gasteiger partial charge in [0.15, 0.2) is 5.58 Å². The topological polar surface area (TPSA) is 109 Å². The molecule has 1 saturated heterocycles. The van der Waals surface area contributed by atoms with Crippen LogP contribution < -0.4 is 11.5 Å². The van der Waals surface area contributed by atoms with E-state index >= 15 is 0 Å². The van der Waals surface area contributed by atoms with Crippen LogP contribution in [0.2, 0.25) is 5.02 Å². The number of rotatable bonds is 4. The third kappa shape index (κ3) is 3.31. The second kappa shape index (κ2) is 6.68. The normalized spacial score (nSPS) is 18.0. The summed E-state index contributed by atoms with van der Waals surface area (Å²) in [5.41, 5.74) is 6.99. The fraction of sp³-hybridized carbons (Fsp3) is 0.438. The summed E-state index contributed by atoms with van der Waals surface area (Å²) in [5.74, 6) is -1.13. The lowest BCUT2D eigenvalue weighted by atomic mass is 10.00. The molecule has 1 aromatic carbocycles. The van der Waals surface area contributed by atoms with Crippen LogP contribution in [-0.2, 0) is 16.0 Å². The zero-order valence-corrected chi connectivity index (χ0v) is 13.8. The molecule has 1 unspecified atom stereocenters. The van der Waals surface area contributed by atoms with Crippen LogP contribution in [-0.4, -0.2) is 34.3 Å². The molecule has 7 nitrogen and oxygen atoms in total. The second-order valence-electron chi connectivity index (χ2n) is 5.97. The summed E-state index contributed by atoms with van der Waals surface area (Å²) in [6.45, 7) is 0.554. The number of aromatic amines is 1. The Bertz CT molecular complexity index is 841. The molecule has 8 heteroatoms. The van der Waals surface area contributed by atoms with Gasteiger partial charge in [0.05, 0.1) is 5.02 Å². The quantitative estimate of drug-likeness (QED) is 0.871. The molecule has 24 heavy (non-hydrogen) atoms. The minimum Gasteiger partial charge on any atom is -0.408 e. The summed E-state index contributed by atoms with van der Waals surface area (Å²) in [4.78, 5) is 39.3. The van der Waals surface area contributed by atoms with Crippen molar-refractivity contribution in [3.8, 4) is 0 Å². The lowest BCUT2D eigenvalue weighted by molar-refractivity contribution is -0.141. The molecule has 128 valence electrons. The minimum absolute atomic E-state index is 0.106. The van der Waals surface area contributed by atoms with E-state index in [2.05, 4.69) is 4.98 Å². The number of primary amides is 1. The van der Waals surface area contributed by atoms with Crippen LogP contribution in [0.15, 0.2) is 21.3 Å².